The second kappa shape index (κ2) is 7.14. The Bertz CT molecular complexity index is 968. The van der Waals surface area contributed by atoms with Gasteiger partial charge in [-0.15, -0.1) is 0 Å². The van der Waals surface area contributed by atoms with E-state index in [1.165, 1.54) is 24.3 Å². The monoisotopic (exact) mass is 357 g/mol. The molecule has 3 rings (SSSR count). The third-order valence-corrected chi connectivity index (χ3v) is 3.46. The van der Waals surface area contributed by atoms with Gasteiger partial charge in [0.1, 0.15) is 17.4 Å². The molecule has 0 fully saturated rings. The fraction of sp³-hybridized carbons (Fsp3) is 0.0556. The summed E-state index contributed by atoms with van der Waals surface area (Å²) in [5, 5.41) is 8.55. The van der Waals surface area contributed by atoms with E-state index in [1.54, 1.807) is 13.0 Å². The van der Waals surface area contributed by atoms with Crippen molar-refractivity contribution >= 4 is 23.3 Å². The minimum atomic E-state index is -0.878. The summed E-state index contributed by atoms with van der Waals surface area (Å²) in [5.41, 5.74) is 0.373. The first-order chi connectivity index (χ1) is 12.4. The van der Waals surface area contributed by atoms with Gasteiger partial charge in [-0.2, -0.15) is 0 Å². The highest BCUT2D eigenvalue weighted by Gasteiger charge is 2.13. The lowest BCUT2D eigenvalue weighted by atomic mass is 10.1. The van der Waals surface area contributed by atoms with E-state index in [1.807, 2.05) is 0 Å². The average molecular weight is 357 g/mol. The van der Waals surface area contributed by atoms with Gasteiger partial charge in [0.05, 0.1) is 5.69 Å². The van der Waals surface area contributed by atoms with Gasteiger partial charge in [0.25, 0.3) is 11.8 Å². The predicted molar refractivity (Wildman–Crippen MR) is 89.9 cm³/mol. The fourth-order valence-corrected chi connectivity index (χ4v) is 2.17. The number of rotatable bonds is 4. The molecule has 1 heterocycles. The number of aryl methyl sites for hydroxylation is 1. The van der Waals surface area contributed by atoms with Gasteiger partial charge in [0.2, 0.25) is 0 Å². The van der Waals surface area contributed by atoms with Crippen molar-refractivity contribution in [3.05, 3.63) is 77.1 Å². The third-order valence-electron chi connectivity index (χ3n) is 3.46. The van der Waals surface area contributed by atoms with Gasteiger partial charge in [-0.25, -0.2) is 8.78 Å². The van der Waals surface area contributed by atoms with Gasteiger partial charge < -0.3 is 15.2 Å². The smallest absolute Gasteiger partial charge is 0.256 e. The lowest BCUT2D eigenvalue weighted by Crippen LogP contribution is -2.15. The molecule has 0 aliphatic rings. The van der Waals surface area contributed by atoms with Crippen LogP contribution in [0.25, 0.3) is 0 Å². The van der Waals surface area contributed by atoms with Crippen LogP contribution in [0.3, 0.4) is 0 Å². The molecule has 2 N–H and O–H groups in total. The van der Waals surface area contributed by atoms with Gasteiger partial charge in [0.15, 0.2) is 5.82 Å². The molecule has 2 amide bonds. The van der Waals surface area contributed by atoms with Crippen LogP contribution < -0.4 is 10.6 Å². The summed E-state index contributed by atoms with van der Waals surface area (Å²) >= 11 is 0. The Morgan fingerprint density at radius 1 is 0.923 bits per heavy atom. The summed E-state index contributed by atoms with van der Waals surface area (Å²) in [5.74, 6) is -1.79. The third kappa shape index (κ3) is 3.92. The quantitative estimate of drug-likeness (QED) is 0.744. The number of hydrogen-bond acceptors (Lipinski definition) is 4. The lowest BCUT2D eigenvalue weighted by molar-refractivity contribution is 0.101. The molecule has 0 aliphatic heterocycles. The summed E-state index contributed by atoms with van der Waals surface area (Å²) < 4.78 is 31.3. The average Bonchev–Trinajstić information content (AvgIpc) is 3.02. The predicted octanol–water partition coefficient (Wildman–Crippen LogP) is 3.77. The van der Waals surface area contributed by atoms with E-state index in [-0.39, 0.29) is 17.1 Å². The van der Waals surface area contributed by atoms with Crippen molar-refractivity contribution in [1.82, 2.24) is 5.16 Å². The molecule has 8 heteroatoms. The van der Waals surface area contributed by atoms with Gasteiger partial charge in [0, 0.05) is 23.3 Å². The van der Waals surface area contributed by atoms with Crippen LogP contribution in [0.15, 0.2) is 53.1 Å². The first kappa shape index (κ1) is 17.3. The summed E-state index contributed by atoms with van der Waals surface area (Å²) in [6.45, 7) is 1.69. The highest BCUT2D eigenvalue weighted by Crippen LogP contribution is 2.17. The maximum Gasteiger partial charge on any atom is 0.256 e. The van der Waals surface area contributed by atoms with E-state index in [0.717, 1.165) is 12.1 Å². The molecule has 0 aliphatic carbocycles. The van der Waals surface area contributed by atoms with Crippen molar-refractivity contribution in [2.45, 2.75) is 6.92 Å². The number of benzene rings is 2. The highest BCUT2D eigenvalue weighted by molar-refractivity contribution is 6.07. The Labute approximate surface area is 146 Å². The van der Waals surface area contributed by atoms with Crippen LogP contribution >= 0.6 is 0 Å². The maximum atomic E-state index is 13.6. The van der Waals surface area contributed by atoms with E-state index >= 15 is 0 Å². The van der Waals surface area contributed by atoms with Gasteiger partial charge in [-0.05, 0) is 43.3 Å². The lowest BCUT2D eigenvalue weighted by Gasteiger charge is -2.07. The Kier molecular flexibility index (Phi) is 4.74. The number of carbonyl (C=O) groups excluding carboxylic acids is 2. The van der Waals surface area contributed by atoms with Crippen molar-refractivity contribution < 1.29 is 22.9 Å². The van der Waals surface area contributed by atoms with Crippen LogP contribution in [-0.2, 0) is 0 Å². The Hall–Kier alpha value is -3.55. The molecule has 0 bridgehead atoms. The van der Waals surface area contributed by atoms with Crippen LogP contribution in [0.2, 0.25) is 0 Å². The van der Waals surface area contributed by atoms with Crippen molar-refractivity contribution in [3.63, 3.8) is 0 Å². The number of nitrogens with one attached hydrogen (secondary N) is 2. The van der Waals surface area contributed by atoms with Gasteiger partial charge in [-0.3, -0.25) is 9.59 Å². The number of aromatic nitrogens is 1. The largest absolute Gasteiger partial charge is 0.360 e. The van der Waals surface area contributed by atoms with E-state index in [9.17, 15) is 18.4 Å². The normalized spacial score (nSPS) is 10.4. The highest BCUT2D eigenvalue weighted by atomic mass is 19.1. The number of nitrogens with zero attached hydrogens (tertiary/aromatic N) is 1. The number of anilines is 2. The minimum Gasteiger partial charge on any atom is -0.360 e. The molecule has 0 saturated heterocycles. The summed E-state index contributed by atoms with van der Waals surface area (Å²) in [7, 11) is 0. The maximum absolute atomic E-state index is 13.6. The van der Waals surface area contributed by atoms with Crippen LogP contribution in [0.1, 0.15) is 26.5 Å². The molecule has 0 radical (unpaired) electrons. The topological polar surface area (TPSA) is 84.2 Å². The van der Waals surface area contributed by atoms with E-state index in [0.29, 0.717) is 17.4 Å². The van der Waals surface area contributed by atoms with Crippen molar-refractivity contribution in [2.24, 2.45) is 0 Å². The number of hydrogen-bond donors (Lipinski definition) is 2. The Morgan fingerprint density at radius 3 is 2.08 bits per heavy atom. The molecule has 2 aromatic carbocycles. The zero-order chi connectivity index (χ0) is 18.7. The second-order valence-electron chi connectivity index (χ2n) is 5.43. The molecule has 3 aromatic rings. The molecule has 0 unspecified atom stereocenters. The van der Waals surface area contributed by atoms with Gasteiger partial charge in [-0.1, -0.05) is 5.16 Å². The SMILES string of the molecule is Cc1cc(NC(=O)c2ccc(C(=O)Nc3ccc(F)cc3F)cc2)no1. The van der Waals surface area contributed by atoms with E-state index in [2.05, 4.69) is 15.8 Å². The molecular formula is C18H13F2N3O3. The Balaban J connectivity index is 1.68. The van der Waals surface area contributed by atoms with E-state index in [4.69, 9.17) is 4.52 Å². The zero-order valence-corrected chi connectivity index (χ0v) is 13.5. The van der Waals surface area contributed by atoms with Crippen molar-refractivity contribution in [3.8, 4) is 0 Å². The summed E-state index contributed by atoms with van der Waals surface area (Å²) in [4.78, 5) is 24.2. The molecule has 0 atom stereocenters. The molecule has 1 aromatic heterocycles. The van der Waals surface area contributed by atoms with Gasteiger partial charge >= 0.3 is 0 Å². The zero-order valence-electron chi connectivity index (χ0n) is 13.5. The molecule has 6 nitrogen and oxygen atoms in total. The van der Waals surface area contributed by atoms with Crippen LogP contribution in [0.5, 0.6) is 0 Å². The molecule has 0 spiro atoms. The number of amides is 2. The fourth-order valence-electron chi connectivity index (χ4n) is 2.17. The van der Waals surface area contributed by atoms with Crippen LogP contribution in [0, 0.1) is 18.6 Å². The molecule has 132 valence electrons. The summed E-state index contributed by atoms with van der Waals surface area (Å²) in [6, 6.07) is 10.1. The Morgan fingerprint density at radius 2 is 1.54 bits per heavy atom. The first-order valence-corrected chi connectivity index (χ1v) is 7.53. The standard InChI is InChI=1S/C18H13F2N3O3/c1-10-8-16(23-26-10)22-18(25)12-4-2-11(3-5-12)17(24)21-15-7-6-13(19)9-14(15)20/h2-9H,1H3,(H,21,24)(H,22,23,25). The van der Waals surface area contributed by atoms with Crippen molar-refractivity contribution in [1.29, 1.82) is 0 Å². The molecular weight excluding hydrogens is 344 g/mol. The summed E-state index contributed by atoms with van der Waals surface area (Å²) in [6.07, 6.45) is 0. The first-order valence-electron chi connectivity index (χ1n) is 7.53. The van der Waals surface area contributed by atoms with Crippen LogP contribution in [-0.4, -0.2) is 17.0 Å². The van der Waals surface area contributed by atoms with Crippen molar-refractivity contribution in [2.75, 3.05) is 10.6 Å². The number of carbonyl (C=O) groups is 2. The van der Waals surface area contributed by atoms with E-state index < -0.39 is 23.4 Å². The molecule has 26 heavy (non-hydrogen) atoms. The minimum absolute atomic E-state index is 0.139. The number of halogens is 2. The molecule has 0 saturated carbocycles. The van der Waals surface area contributed by atoms with Crippen LogP contribution in [0.4, 0.5) is 20.3 Å². The second-order valence-corrected chi connectivity index (χ2v) is 5.43.